The van der Waals surface area contributed by atoms with Crippen LogP contribution in [0.25, 0.3) is 22.2 Å². The predicted octanol–water partition coefficient (Wildman–Crippen LogP) is 4.58. The molecule has 3 aromatic rings. The number of amides is 1. The normalized spacial score (nSPS) is 10.5. The van der Waals surface area contributed by atoms with E-state index in [1.54, 1.807) is 6.08 Å². The molecule has 1 N–H and O–H groups in total. The Hall–Kier alpha value is -2.46. The van der Waals surface area contributed by atoms with Gasteiger partial charge in [0.1, 0.15) is 0 Å². The van der Waals surface area contributed by atoms with Gasteiger partial charge in [-0.25, -0.2) is 4.98 Å². The van der Waals surface area contributed by atoms with Gasteiger partial charge in [0.2, 0.25) is 0 Å². The molecule has 0 fully saturated rings. The minimum atomic E-state index is -0.125. The number of carbonyl (C=O) groups excluding carboxylic acids is 1. The average molecular weight is 367 g/mol. The number of hydrogen-bond donors (Lipinski definition) is 1. The second kappa shape index (κ2) is 6.75. The van der Waals surface area contributed by atoms with Crippen LogP contribution >= 0.6 is 15.9 Å². The first-order valence-corrected chi connectivity index (χ1v) is 8.03. The van der Waals surface area contributed by atoms with Crippen molar-refractivity contribution in [3.05, 3.63) is 77.3 Å². The zero-order chi connectivity index (χ0) is 16.2. The molecule has 2 aromatic carbocycles. The molecule has 0 unspecified atom stereocenters. The molecular formula is C19H15BrN2O. The molecule has 0 spiro atoms. The Morgan fingerprint density at radius 3 is 2.78 bits per heavy atom. The van der Waals surface area contributed by atoms with Crippen LogP contribution in [0.1, 0.15) is 10.4 Å². The van der Waals surface area contributed by atoms with Crippen LogP contribution in [-0.2, 0) is 0 Å². The van der Waals surface area contributed by atoms with Gasteiger partial charge in [-0.1, -0.05) is 52.3 Å². The maximum absolute atomic E-state index is 12.5. The van der Waals surface area contributed by atoms with Gasteiger partial charge in [0.05, 0.1) is 16.8 Å². The second-order valence-electron chi connectivity index (χ2n) is 5.08. The van der Waals surface area contributed by atoms with Gasteiger partial charge in [0.25, 0.3) is 5.91 Å². The Labute approximate surface area is 143 Å². The SMILES string of the molecule is C=CCNC(=O)c1cc(-c2cccc(Br)c2)nc2ccccc12. The number of fused-ring (bicyclic) bond motifs is 1. The van der Waals surface area contributed by atoms with Crippen molar-refractivity contribution in [2.75, 3.05) is 6.54 Å². The number of pyridine rings is 1. The second-order valence-corrected chi connectivity index (χ2v) is 6.00. The summed E-state index contributed by atoms with van der Waals surface area (Å²) >= 11 is 3.47. The zero-order valence-electron chi connectivity index (χ0n) is 12.4. The molecule has 23 heavy (non-hydrogen) atoms. The standard InChI is InChI=1S/C19H15BrN2O/c1-2-10-21-19(23)16-12-18(13-6-5-7-14(20)11-13)22-17-9-4-3-8-15(16)17/h2-9,11-12H,1,10H2,(H,21,23). The van der Waals surface area contributed by atoms with Crippen LogP contribution in [-0.4, -0.2) is 17.4 Å². The number of para-hydroxylation sites is 1. The van der Waals surface area contributed by atoms with Crippen LogP contribution < -0.4 is 5.32 Å². The van der Waals surface area contributed by atoms with Crippen LogP contribution in [0.3, 0.4) is 0 Å². The Kier molecular flexibility index (Phi) is 4.53. The first kappa shape index (κ1) is 15.4. The molecule has 0 saturated heterocycles. The highest BCUT2D eigenvalue weighted by molar-refractivity contribution is 9.10. The molecule has 1 heterocycles. The predicted molar refractivity (Wildman–Crippen MR) is 97.4 cm³/mol. The molecule has 114 valence electrons. The molecule has 3 nitrogen and oxygen atoms in total. The van der Waals surface area contributed by atoms with E-state index in [4.69, 9.17) is 0 Å². The van der Waals surface area contributed by atoms with Crippen molar-refractivity contribution in [1.82, 2.24) is 10.3 Å². The van der Waals surface area contributed by atoms with Crippen LogP contribution in [0.15, 0.2) is 71.7 Å². The first-order chi connectivity index (χ1) is 11.2. The maximum Gasteiger partial charge on any atom is 0.252 e. The quantitative estimate of drug-likeness (QED) is 0.686. The van der Waals surface area contributed by atoms with E-state index in [1.807, 2.05) is 54.6 Å². The van der Waals surface area contributed by atoms with Gasteiger partial charge in [-0.3, -0.25) is 4.79 Å². The summed E-state index contributed by atoms with van der Waals surface area (Å²) in [6, 6.07) is 17.4. The number of aromatic nitrogens is 1. The highest BCUT2D eigenvalue weighted by Gasteiger charge is 2.13. The van der Waals surface area contributed by atoms with E-state index in [-0.39, 0.29) is 5.91 Å². The van der Waals surface area contributed by atoms with E-state index < -0.39 is 0 Å². The van der Waals surface area contributed by atoms with Crippen LogP contribution in [0.4, 0.5) is 0 Å². The number of nitrogens with zero attached hydrogens (tertiary/aromatic N) is 1. The molecule has 0 atom stereocenters. The van der Waals surface area contributed by atoms with E-state index in [0.29, 0.717) is 12.1 Å². The summed E-state index contributed by atoms with van der Waals surface area (Å²) in [5.74, 6) is -0.125. The molecule has 0 radical (unpaired) electrons. The molecule has 0 saturated carbocycles. The molecule has 1 amide bonds. The van der Waals surface area contributed by atoms with Crippen molar-refractivity contribution in [3.63, 3.8) is 0 Å². The summed E-state index contributed by atoms with van der Waals surface area (Å²) in [5, 5.41) is 3.68. The highest BCUT2D eigenvalue weighted by atomic mass is 79.9. The zero-order valence-corrected chi connectivity index (χ0v) is 14.0. The van der Waals surface area contributed by atoms with Crippen LogP contribution in [0.2, 0.25) is 0 Å². The lowest BCUT2D eigenvalue weighted by atomic mass is 10.0. The number of carbonyl (C=O) groups is 1. The van der Waals surface area contributed by atoms with Crippen LogP contribution in [0, 0.1) is 0 Å². The lowest BCUT2D eigenvalue weighted by molar-refractivity contribution is 0.0959. The highest BCUT2D eigenvalue weighted by Crippen LogP contribution is 2.26. The molecule has 0 aliphatic carbocycles. The van der Waals surface area contributed by atoms with E-state index in [0.717, 1.165) is 26.6 Å². The Morgan fingerprint density at radius 1 is 1.17 bits per heavy atom. The van der Waals surface area contributed by atoms with Gasteiger partial charge in [0.15, 0.2) is 0 Å². The van der Waals surface area contributed by atoms with E-state index in [1.165, 1.54) is 0 Å². The topological polar surface area (TPSA) is 42.0 Å². The molecule has 3 rings (SSSR count). The summed E-state index contributed by atoms with van der Waals surface area (Å²) in [6.45, 7) is 4.06. The minimum absolute atomic E-state index is 0.125. The summed E-state index contributed by atoms with van der Waals surface area (Å²) in [7, 11) is 0. The Bertz CT molecular complexity index is 889. The van der Waals surface area contributed by atoms with Gasteiger partial charge < -0.3 is 5.32 Å². The monoisotopic (exact) mass is 366 g/mol. The fourth-order valence-corrected chi connectivity index (χ4v) is 2.82. The third kappa shape index (κ3) is 3.32. The fraction of sp³-hybridized carbons (Fsp3) is 0.0526. The number of rotatable bonds is 4. The summed E-state index contributed by atoms with van der Waals surface area (Å²) in [5.41, 5.74) is 3.15. The molecule has 4 heteroatoms. The van der Waals surface area contributed by atoms with Crippen LogP contribution in [0.5, 0.6) is 0 Å². The summed E-state index contributed by atoms with van der Waals surface area (Å²) in [6.07, 6.45) is 1.66. The summed E-state index contributed by atoms with van der Waals surface area (Å²) < 4.78 is 0.975. The number of nitrogens with one attached hydrogen (secondary N) is 1. The molecule has 0 bridgehead atoms. The third-order valence-electron chi connectivity index (χ3n) is 3.49. The smallest absolute Gasteiger partial charge is 0.252 e. The summed E-state index contributed by atoms with van der Waals surface area (Å²) in [4.78, 5) is 17.2. The lowest BCUT2D eigenvalue weighted by Gasteiger charge is -2.10. The van der Waals surface area contributed by atoms with Crippen molar-refractivity contribution in [2.24, 2.45) is 0 Å². The largest absolute Gasteiger partial charge is 0.349 e. The molecular weight excluding hydrogens is 352 g/mol. The number of hydrogen-bond acceptors (Lipinski definition) is 2. The number of halogens is 1. The van der Waals surface area contributed by atoms with E-state index >= 15 is 0 Å². The molecule has 0 aliphatic rings. The van der Waals surface area contributed by atoms with Gasteiger partial charge in [0, 0.05) is 22.0 Å². The van der Waals surface area contributed by atoms with Crippen molar-refractivity contribution in [1.29, 1.82) is 0 Å². The van der Waals surface area contributed by atoms with Gasteiger partial charge in [-0.15, -0.1) is 6.58 Å². The minimum Gasteiger partial charge on any atom is -0.349 e. The van der Waals surface area contributed by atoms with Crippen molar-refractivity contribution >= 4 is 32.7 Å². The first-order valence-electron chi connectivity index (χ1n) is 7.24. The number of benzene rings is 2. The van der Waals surface area contributed by atoms with E-state index in [9.17, 15) is 4.79 Å². The lowest BCUT2D eigenvalue weighted by Crippen LogP contribution is -2.23. The Balaban J connectivity index is 2.17. The van der Waals surface area contributed by atoms with Gasteiger partial charge >= 0.3 is 0 Å². The van der Waals surface area contributed by atoms with Crippen molar-refractivity contribution in [2.45, 2.75) is 0 Å². The van der Waals surface area contributed by atoms with Gasteiger partial charge in [-0.05, 0) is 24.3 Å². The molecule has 1 aromatic heterocycles. The van der Waals surface area contributed by atoms with Crippen molar-refractivity contribution in [3.8, 4) is 11.3 Å². The Morgan fingerprint density at radius 2 is 2.00 bits per heavy atom. The van der Waals surface area contributed by atoms with E-state index in [2.05, 4.69) is 32.8 Å². The van der Waals surface area contributed by atoms with Crippen molar-refractivity contribution < 1.29 is 4.79 Å². The maximum atomic E-state index is 12.5. The third-order valence-corrected chi connectivity index (χ3v) is 3.98. The molecule has 0 aliphatic heterocycles. The fourth-order valence-electron chi connectivity index (χ4n) is 2.42. The van der Waals surface area contributed by atoms with Gasteiger partial charge in [-0.2, -0.15) is 0 Å². The average Bonchev–Trinajstić information content (AvgIpc) is 2.58.